The Labute approximate surface area is 105 Å². The molecule has 0 aromatic heterocycles. The second-order valence-electron chi connectivity index (χ2n) is 3.90. The SMILES string of the molecule is Br[C@@H](CCc1ccccc1)c1ccccc1. The summed E-state index contributed by atoms with van der Waals surface area (Å²) in [5, 5.41) is 0. The standard InChI is InChI=1S/C15H15Br/c16-15(14-9-5-2-6-10-14)12-11-13-7-3-1-4-8-13/h1-10,15H,11-12H2/t15-/m0/s1. The van der Waals surface area contributed by atoms with E-state index in [2.05, 4.69) is 76.6 Å². The molecule has 1 heteroatoms. The van der Waals surface area contributed by atoms with Crippen molar-refractivity contribution in [2.75, 3.05) is 0 Å². The van der Waals surface area contributed by atoms with Gasteiger partial charge in [-0.1, -0.05) is 76.6 Å². The first-order valence-electron chi connectivity index (χ1n) is 5.59. The predicted octanol–water partition coefficient (Wildman–Crippen LogP) is 4.76. The molecule has 0 aliphatic carbocycles. The monoisotopic (exact) mass is 274 g/mol. The van der Waals surface area contributed by atoms with E-state index in [9.17, 15) is 0 Å². The zero-order valence-corrected chi connectivity index (χ0v) is 10.7. The average molecular weight is 275 g/mol. The Morgan fingerprint density at radius 2 is 1.38 bits per heavy atom. The van der Waals surface area contributed by atoms with Gasteiger partial charge in [-0.05, 0) is 24.0 Å². The van der Waals surface area contributed by atoms with Gasteiger partial charge >= 0.3 is 0 Å². The van der Waals surface area contributed by atoms with E-state index in [0.29, 0.717) is 4.83 Å². The first-order chi connectivity index (χ1) is 7.86. The van der Waals surface area contributed by atoms with Crippen LogP contribution in [0, 0.1) is 0 Å². The minimum Gasteiger partial charge on any atom is -0.0839 e. The minimum atomic E-state index is 0.453. The van der Waals surface area contributed by atoms with E-state index in [1.54, 1.807) is 0 Å². The van der Waals surface area contributed by atoms with Gasteiger partial charge in [0.05, 0.1) is 0 Å². The number of aryl methyl sites for hydroxylation is 1. The molecule has 1 atom stereocenters. The maximum atomic E-state index is 3.74. The zero-order valence-electron chi connectivity index (χ0n) is 9.14. The molecule has 0 spiro atoms. The van der Waals surface area contributed by atoms with E-state index < -0.39 is 0 Å². The van der Waals surface area contributed by atoms with E-state index in [4.69, 9.17) is 0 Å². The van der Waals surface area contributed by atoms with Crippen molar-refractivity contribution in [2.45, 2.75) is 17.7 Å². The molecule has 0 unspecified atom stereocenters. The van der Waals surface area contributed by atoms with Gasteiger partial charge in [0.25, 0.3) is 0 Å². The van der Waals surface area contributed by atoms with Crippen LogP contribution < -0.4 is 0 Å². The second kappa shape index (κ2) is 5.86. The number of halogens is 1. The van der Waals surface area contributed by atoms with Gasteiger partial charge in [-0.15, -0.1) is 0 Å². The highest BCUT2D eigenvalue weighted by atomic mass is 79.9. The van der Waals surface area contributed by atoms with Crippen LogP contribution in [0.5, 0.6) is 0 Å². The number of hydrogen-bond acceptors (Lipinski definition) is 0. The van der Waals surface area contributed by atoms with Gasteiger partial charge in [0.2, 0.25) is 0 Å². The molecule has 0 aliphatic rings. The Morgan fingerprint density at radius 3 is 2.00 bits per heavy atom. The Bertz CT molecular complexity index is 408. The molecule has 0 radical (unpaired) electrons. The summed E-state index contributed by atoms with van der Waals surface area (Å²) in [5.74, 6) is 0. The lowest BCUT2D eigenvalue weighted by Crippen LogP contribution is -1.93. The quantitative estimate of drug-likeness (QED) is 0.706. The lowest BCUT2D eigenvalue weighted by atomic mass is 10.0. The summed E-state index contributed by atoms with van der Waals surface area (Å²) < 4.78 is 0. The van der Waals surface area contributed by atoms with Crippen molar-refractivity contribution in [3.63, 3.8) is 0 Å². The highest BCUT2D eigenvalue weighted by molar-refractivity contribution is 9.09. The molecule has 0 saturated carbocycles. The normalized spacial score (nSPS) is 12.3. The lowest BCUT2D eigenvalue weighted by Gasteiger charge is -2.09. The van der Waals surface area contributed by atoms with Gasteiger partial charge in [0, 0.05) is 4.83 Å². The summed E-state index contributed by atoms with van der Waals surface area (Å²) in [6, 6.07) is 21.2. The maximum Gasteiger partial charge on any atom is 0.0398 e. The van der Waals surface area contributed by atoms with Gasteiger partial charge < -0.3 is 0 Å². The molecule has 0 fully saturated rings. The first-order valence-corrected chi connectivity index (χ1v) is 6.51. The van der Waals surface area contributed by atoms with E-state index in [0.717, 1.165) is 12.8 Å². The molecule has 0 bridgehead atoms. The predicted molar refractivity (Wildman–Crippen MR) is 72.9 cm³/mol. The van der Waals surface area contributed by atoms with Gasteiger partial charge in [-0.2, -0.15) is 0 Å². The van der Waals surface area contributed by atoms with Crippen LogP contribution in [0.2, 0.25) is 0 Å². The highest BCUT2D eigenvalue weighted by Crippen LogP contribution is 2.27. The smallest absolute Gasteiger partial charge is 0.0398 e. The van der Waals surface area contributed by atoms with Gasteiger partial charge in [0.1, 0.15) is 0 Å². The summed E-state index contributed by atoms with van der Waals surface area (Å²) in [4.78, 5) is 0.453. The van der Waals surface area contributed by atoms with Crippen molar-refractivity contribution >= 4 is 15.9 Å². The van der Waals surface area contributed by atoms with Crippen LogP contribution in [0.4, 0.5) is 0 Å². The van der Waals surface area contributed by atoms with E-state index in [1.165, 1.54) is 11.1 Å². The number of benzene rings is 2. The minimum absolute atomic E-state index is 0.453. The van der Waals surface area contributed by atoms with E-state index in [1.807, 2.05) is 0 Å². The fourth-order valence-corrected chi connectivity index (χ4v) is 2.30. The largest absolute Gasteiger partial charge is 0.0839 e. The Hall–Kier alpha value is -1.08. The Morgan fingerprint density at radius 1 is 0.812 bits per heavy atom. The molecule has 0 saturated heterocycles. The zero-order chi connectivity index (χ0) is 11.2. The summed E-state index contributed by atoms with van der Waals surface area (Å²) in [6.07, 6.45) is 2.25. The summed E-state index contributed by atoms with van der Waals surface area (Å²) in [6.45, 7) is 0. The molecule has 0 heterocycles. The fourth-order valence-electron chi connectivity index (χ4n) is 1.77. The molecule has 2 rings (SSSR count). The third-order valence-corrected chi connectivity index (χ3v) is 3.68. The molecule has 0 aliphatic heterocycles. The molecule has 0 N–H and O–H groups in total. The van der Waals surface area contributed by atoms with Crippen LogP contribution in [-0.4, -0.2) is 0 Å². The van der Waals surface area contributed by atoms with Crippen LogP contribution >= 0.6 is 15.9 Å². The molecule has 2 aromatic rings. The van der Waals surface area contributed by atoms with Crippen molar-refractivity contribution in [1.29, 1.82) is 0 Å². The third-order valence-electron chi connectivity index (χ3n) is 2.69. The van der Waals surface area contributed by atoms with Crippen LogP contribution in [0.25, 0.3) is 0 Å². The third kappa shape index (κ3) is 3.21. The van der Waals surface area contributed by atoms with Crippen molar-refractivity contribution < 1.29 is 0 Å². The van der Waals surface area contributed by atoms with E-state index >= 15 is 0 Å². The number of rotatable bonds is 4. The molecule has 2 aromatic carbocycles. The van der Waals surface area contributed by atoms with Crippen LogP contribution in [0.1, 0.15) is 22.4 Å². The molecular weight excluding hydrogens is 260 g/mol. The average Bonchev–Trinajstić information content (AvgIpc) is 2.38. The van der Waals surface area contributed by atoms with Crippen molar-refractivity contribution in [3.05, 3.63) is 71.8 Å². The van der Waals surface area contributed by atoms with Gasteiger partial charge in [0.15, 0.2) is 0 Å². The molecule has 82 valence electrons. The van der Waals surface area contributed by atoms with Crippen molar-refractivity contribution in [1.82, 2.24) is 0 Å². The Balaban J connectivity index is 1.92. The highest BCUT2D eigenvalue weighted by Gasteiger charge is 2.06. The van der Waals surface area contributed by atoms with Crippen molar-refractivity contribution in [2.24, 2.45) is 0 Å². The van der Waals surface area contributed by atoms with Crippen LogP contribution in [0.3, 0.4) is 0 Å². The van der Waals surface area contributed by atoms with Crippen molar-refractivity contribution in [3.8, 4) is 0 Å². The van der Waals surface area contributed by atoms with Gasteiger partial charge in [-0.3, -0.25) is 0 Å². The maximum absolute atomic E-state index is 3.74. The number of alkyl halides is 1. The lowest BCUT2D eigenvalue weighted by molar-refractivity contribution is 0.813. The Kier molecular flexibility index (Phi) is 4.17. The number of hydrogen-bond donors (Lipinski definition) is 0. The molecular formula is C15H15Br. The fraction of sp³-hybridized carbons (Fsp3) is 0.200. The summed E-state index contributed by atoms with van der Waals surface area (Å²) in [5.41, 5.74) is 2.77. The van der Waals surface area contributed by atoms with Crippen LogP contribution in [0.15, 0.2) is 60.7 Å². The first kappa shape index (κ1) is 11.4. The molecule has 16 heavy (non-hydrogen) atoms. The molecule has 0 nitrogen and oxygen atoms in total. The van der Waals surface area contributed by atoms with Crippen LogP contribution in [-0.2, 0) is 6.42 Å². The molecule has 0 amide bonds. The summed E-state index contributed by atoms with van der Waals surface area (Å²) >= 11 is 3.74. The summed E-state index contributed by atoms with van der Waals surface area (Å²) in [7, 11) is 0. The van der Waals surface area contributed by atoms with Gasteiger partial charge in [-0.25, -0.2) is 0 Å². The second-order valence-corrected chi connectivity index (χ2v) is 5.01. The topological polar surface area (TPSA) is 0 Å². The van der Waals surface area contributed by atoms with E-state index in [-0.39, 0.29) is 0 Å².